The topological polar surface area (TPSA) is 237 Å². The average molecular weight is 1450 g/mol. The lowest BCUT2D eigenvalue weighted by atomic mass is 9.99. The molecule has 6 atom stereocenters. The predicted octanol–water partition coefficient (Wildman–Crippen LogP) is 23.9. The number of esters is 4. The van der Waals surface area contributed by atoms with Gasteiger partial charge in [0, 0.05) is 25.7 Å². The molecule has 3 unspecified atom stereocenters. The molecule has 0 radical (unpaired) electrons. The van der Waals surface area contributed by atoms with Gasteiger partial charge in [-0.25, -0.2) is 9.13 Å². The van der Waals surface area contributed by atoms with Crippen molar-refractivity contribution in [2.24, 2.45) is 11.8 Å². The van der Waals surface area contributed by atoms with Gasteiger partial charge in [0.2, 0.25) is 0 Å². The van der Waals surface area contributed by atoms with E-state index < -0.39 is 97.5 Å². The first-order chi connectivity index (χ1) is 47.9. The van der Waals surface area contributed by atoms with Gasteiger partial charge in [-0.15, -0.1) is 0 Å². The van der Waals surface area contributed by atoms with Gasteiger partial charge >= 0.3 is 39.5 Å². The molecule has 0 saturated carbocycles. The number of phosphoric ester groups is 2. The molecule has 99 heavy (non-hydrogen) atoms. The molecule has 19 heteroatoms. The van der Waals surface area contributed by atoms with Crippen LogP contribution >= 0.6 is 15.6 Å². The van der Waals surface area contributed by atoms with E-state index in [-0.39, 0.29) is 25.7 Å². The summed E-state index contributed by atoms with van der Waals surface area (Å²) in [5, 5.41) is 10.6. The number of ether oxygens (including phenoxy) is 4. The van der Waals surface area contributed by atoms with Gasteiger partial charge in [-0.1, -0.05) is 369 Å². The van der Waals surface area contributed by atoms with Crippen LogP contribution in [-0.2, 0) is 65.4 Å². The van der Waals surface area contributed by atoms with Gasteiger partial charge in [-0.3, -0.25) is 37.3 Å². The number of carbonyl (C=O) groups is 4. The highest BCUT2D eigenvalue weighted by molar-refractivity contribution is 7.47. The van der Waals surface area contributed by atoms with Crippen LogP contribution in [0.2, 0.25) is 0 Å². The number of hydrogen-bond donors (Lipinski definition) is 3. The molecule has 0 aromatic heterocycles. The lowest BCUT2D eigenvalue weighted by Crippen LogP contribution is -2.30. The third-order valence-corrected chi connectivity index (χ3v) is 21.0. The van der Waals surface area contributed by atoms with Crippen LogP contribution in [0.5, 0.6) is 0 Å². The molecule has 0 rings (SSSR count). The summed E-state index contributed by atoms with van der Waals surface area (Å²) >= 11 is 0. The number of rotatable bonds is 79. The molecule has 0 amide bonds. The van der Waals surface area contributed by atoms with Crippen molar-refractivity contribution in [3.05, 3.63) is 0 Å². The summed E-state index contributed by atoms with van der Waals surface area (Å²) in [5.41, 5.74) is 0. The first kappa shape index (κ1) is 97.1. The van der Waals surface area contributed by atoms with Crippen LogP contribution < -0.4 is 0 Å². The highest BCUT2D eigenvalue weighted by Crippen LogP contribution is 2.45. The summed E-state index contributed by atoms with van der Waals surface area (Å²) in [7, 11) is -9.91. The molecule has 17 nitrogen and oxygen atoms in total. The fourth-order valence-electron chi connectivity index (χ4n) is 12.3. The van der Waals surface area contributed by atoms with E-state index >= 15 is 0 Å². The molecule has 0 aromatic rings. The van der Waals surface area contributed by atoms with Gasteiger partial charge in [-0.05, 0) is 37.5 Å². The number of aliphatic hydroxyl groups excluding tert-OH is 1. The molecule has 0 saturated heterocycles. The van der Waals surface area contributed by atoms with E-state index in [9.17, 15) is 43.2 Å². The van der Waals surface area contributed by atoms with E-state index in [1.807, 2.05) is 0 Å². The Bertz CT molecular complexity index is 1910. The molecule has 0 fully saturated rings. The summed E-state index contributed by atoms with van der Waals surface area (Å²) < 4.78 is 68.6. The van der Waals surface area contributed by atoms with Crippen molar-refractivity contribution in [1.29, 1.82) is 0 Å². The number of phosphoric acid groups is 2. The molecule has 0 aromatic carbocycles. The van der Waals surface area contributed by atoms with E-state index in [4.69, 9.17) is 37.0 Å². The van der Waals surface area contributed by atoms with Crippen molar-refractivity contribution in [3.63, 3.8) is 0 Å². The molecule has 0 aliphatic rings. The Morgan fingerprint density at radius 2 is 0.515 bits per heavy atom. The van der Waals surface area contributed by atoms with E-state index in [2.05, 4.69) is 41.5 Å². The lowest BCUT2D eigenvalue weighted by Gasteiger charge is -2.21. The van der Waals surface area contributed by atoms with E-state index in [1.165, 1.54) is 238 Å². The van der Waals surface area contributed by atoms with Gasteiger partial charge in [0.25, 0.3) is 0 Å². The first-order valence-corrected chi connectivity index (χ1v) is 44.5. The van der Waals surface area contributed by atoms with E-state index in [0.717, 1.165) is 95.8 Å². The summed E-state index contributed by atoms with van der Waals surface area (Å²) in [6.07, 6.45) is 61.3. The number of aliphatic hydroxyl groups is 1. The smallest absolute Gasteiger partial charge is 0.462 e. The molecule has 588 valence electrons. The molecule has 0 spiro atoms. The van der Waals surface area contributed by atoms with Crippen LogP contribution in [0.25, 0.3) is 0 Å². The summed E-state index contributed by atoms with van der Waals surface area (Å²) in [6.45, 7) is 9.59. The third kappa shape index (κ3) is 72.8. The molecule has 0 aliphatic carbocycles. The third-order valence-electron chi connectivity index (χ3n) is 19.1. The quantitative estimate of drug-likeness (QED) is 0.0222. The second-order valence-corrected chi connectivity index (χ2v) is 32.4. The van der Waals surface area contributed by atoms with Crippen LogP contribution in [-0.4, -0.2) is 96.7 Å². The minimum Gasteiger partial charge on any atom is -0.462 e. The Labute approximate surface area is 607 Å². The van der Waals surface area contributed by atoms with Crippen molar-refractivity contribution < 1.29 is 80.2 Å². The van der Waals surface area contributed by atoms with Crippen molar-refractivity contribution in [2.75, 3.05) is 39.6 Å². The Balaban J connectivity index is 5.17. The second-order valence-electron chi connectivity index (χ2n) is 29.5. The Kier molecular flexibility index (Phi) is 70.3. The van der Waals surface area contributed by atoms with Crippen LogP contribution in [0.15, 0.2) is 0 Å². The van der Waals surface area contributed by atoms with Crippen molar-refractivity contribution in [2.45, 2.75) is 439 Å². The number of hydrogen-bond acceptors (Lipinski definition) is 15. The molecule has 0 bridgehead atoms. The van der Waals surface area contributed by atoms with Crippen LogP contribution in [0.3, 0.4) is 0 Å². The van der Waals surface area contributed by atoms with Gasteiger partial charge < -0.3 is 33.8 Å². The lowest BCUT2D eigenvalue weighted by molar-refractivity contribution is -0.161. The van der Waals surface area contributed by atoms with Gasteiger partial charge in [0.15, 0.2) is 12.2 Å². The zero-order chi connectivity index (χ0) is 72.8. The highest BCUT2D eigenvalue weighted by atomic mass is 31.2. The summed E-state index contributed by atoms with van der Waals surface area (Å²) in [4.78, 5) is 72.8. The minimum atomic E-state index is -4.96. The first-order valence-electron chi connectivity index (χ1n) is 41.5. The van der Waals surface area contributed by atoms with Crippen LogP contribution in [0.4, 0.5) is 0 Å². The molecular weight excluding hydrogens is 1290 g/mol. The maximum Gasteiger partial charge on any atom is 0.472 e. The summed E-state index contributed by atoms with van der Waals surface area (Å²) in [5.74, 6) is -0.570. The average Bonchev–Trinajstić information content (AvgIpc) is 0.983. The standard InChI is InChI=1S/C80H156O17P2/c1-7-10-12-14-16-18-19-20-21-22-23-24-25-26-27-28-33-36-40-46-52-58-64-79(84)96-75(68-91-78(83)63-57-51-45-39-35-32-30-29-31-34-38-43-49-55-61-73(6)9-3)70-94-98(86,87)92-66-74(81)67-93-99(88,89)95-71-76(69-90-77(82)62-56-50-44-37-17-15-13-11-8-2)97-80(85)65-59-53-47-41-42-48-54-60-72(4)5/h72-76,81H,7-71H2,1-6H3,(H,86,87)(H,88,89)/t73?,74-,75-,76-/m1/s1. The van der Waals surface area contributed by atoms with Gasteiger partial charge in [-0.2, -0.15) is 0 Å². The fraction of sp³-hybridized carbons (Fsp3) is 0.950. The maximum absolute atomic E-state index is 13.1. The Morgan fingerprint density at radius 3 is 0.768 bits per heavy atom. The number of unbranched alkanes of at least 4 members (excludes halogenated alkanes) is 48. The number of carbonyl (C=O) groups excluding carboxylic acids is 4. The zero-order valence-electron chi connectivity index (χ0n) is 64.8. The Hall–Kier alpha value is -1.94. The molecule has 0 aliphatic heterocycles. The van der Waals surface area contributed by atoms with E-state index in [1.54, 1.807) is 0 Å². The minimum absolute atomic E-state index is 0.104. The summed E-state index contributed by atoms with van der Waals surface area (Å²) in [6, 6.07) is 0. The Morgan fingerprint density at radius 1 is 0.293 bits per heavy atom. The molecular formula is C80H156O17P2. The van der Waals surface area contributed by atoms with Crippen molar-refractivity contribution >= 4 is 39.5 Å². The predicted molar refractivity (Wildman–Crippen MR) is 405 cm³/mol. The second kappa shape index (κ2) is 71.7. The molecule has 3 N–H and O–H groups in total. The highest BCUT2D eigenvalue weighted by Gasteiger charge is 2.30. The molecule has 0 heterocycles. The normalized spacial score (nSPS) is 14.2. The largest absolute Gasteiger partial charge is 0.472 e. The van der Waals surface area contributed by atoms with Gasteiger partial charge in [0.05, 0.1) is 26.4 Å². The van der Waals surface area contributed by atoms with E-state index in [0.29, 0.717) is 31.6 Å². The monoisotopic (exact) mass is 1450 g/mol. The van der Waals surface area contributed by atoms with Crippen LogP contribution in [0.1, 0.15) is 420 Å². The zero-order valence-corrected chi connectivity index (χ0v) is 66.6. The van der Waals surface area contributed by atoms with Gasteiger partial charge in [0.1, 0.15) is 19.3 Å². The maximum atomic E-state index is 13.1. The van der Waals surface area contributed by atoms with Crippen molar-refractivity contribution in [3.8, 4) is 0 Å². The van der Waals surface area contributed by atoms with Crippen LogP contribution in [0, 0.1) is 11.8 Å². The van der Waals surface area contributed by atoms with Crippen molar-refractivity contribution in [1.82, 2.24) is 0 Å². The SMILES string of the molecule is CCCCCCCCCCCCCCCCCCCCCCCCC(=O)O[C@H](COC(=O)CCCCCCCCCCCCCCCCC(C)CC)COP(=O)(O)OC[C@@H](O)COP(=O)(O)OC[C@@H](COC(=O)CCCCCCCCCCC)OC(=O)CCCCCCCCCC(C)C. The fourth-order valence-corrected chi connectivity index (χ4v) is 13.9.